The zero-order chi connectivity index (χ0) is 39.9. The Labute approximate surface area is 349 Å². The van der Waals surface area contributed by atoms with Crippen LogP contribution in [0.25, 0.3) is 11.1 Å². The average molecular weight is 760 g/mol. The highest BCUT2D eigenvalue weighted by molar-refractivity contribution is 5.76. The topological polar surface area (TPSA) is 3.24 Å². The van der Waals surface area contributed by atoms with E-state index in [-0.39, 0.29) is 0 Å². The molecule has 0 aromatic heterocycles. The molecule has 0 fully saturated rings. The van der Waals surface area contributed by atoms with Crippen LogP contribution in [0.1, 0.15) is 88.6 Å². The first kappa shape index (κ1) is 40.5. The van der Waals surface area contributed by atoms with E-state index in [9.17, 15) is 0 Å². The van der Waals surface area contributed by atoms with Gasteiger partial charge in [0.1, 0.15) is 0 Å². The quantitative estimate of drug-likeness (QED) is 0.0742. The Balaban J connectivity index is 0.866. The zero-order valence-electron chi connectivity index (χ0n) is 35.1. The third-order valence-corrected chi connectivity index (χ3v) is 11.7. The molecule has 0 aliphatic heterocycles. The third kappa shape index (κ3) is 11.9. The number of hydrogen-bond donors (Lipinski definition) is 0. The Morgan fingerprint density at radius 2 is 0.431 bits per heavy atom. The molecule has 1 heteroatoms. The highest BCUT2D eigenvalue weighted by Crippen LogP contribution is 2.35. The fourth-order valence-electron chi connectivity index (χ4n) is 7.98. The van der Waals surface area contributed by atoms with Crippen LogP contribution in [0.5, 0.6) is 0 Å². The third-order valence-electron chi connectivity index (χ3n) is 11.7. The van der Waals surface area contributed by atoms with Gasteiger partial charge in [0.25, 0.3) is 0 Å². The number of benzene rings is 7. The van der Waals surface area contributed by atoms with Crippen LogP contribution in [0.4, 0.5) is 17.1 Å². The number of aryl methyl sites for hydroxylation is 9. The van der Waals surface area contributed by atoms with E-state index in [0.29, 0.717) is 0 Å². The van der Waals surface area contributed by atoms with Crippen molar-refractivity contribution in [3.8, 4) is 11.1 Å². The first-order valence-corrected chi connectivity index (χ1v) is 21.8. The summed E-state index contributed by atoms with van der Waals surface area (Å²) in [6, 6.07) is 63.8. The van der Waals surface area contributed by atoms with Gasteiger partial charge >= 0.3 is 0 Å². The van der Waals surface area contributed by atoms with Crippen LogP contribution in [0.15, 0.2) is 170 Å². The first-order chi connectivity index (χ1) is 28.4. The minimum atomic E-state index is 1.10. The van der Waals surface area contributed by atoms with E-state index in [1.807, 2.05) is 0 Å². The van der Waals surface area contributed by atoms with Gasteiger partial charge in [-0.15, -0.1) is 0 Å². The Morgan fingerprint density at radius 3 is 0.690 bits per heavy atom. The Bertz CT molecular complexity index is 2240. The van der Waals surface area contributed by atoms with Crippen LogP contribution in [-0.2, 0) is 38.5 Å². The summed E-state index contributed by atoms with van der Waals surface area (Å²) in [6.07, 6.45) is 14.0. The SMILES string of the molecule is Cc1ccc(CCCCc2ccc(-c3ccc(CCCCc4ccc(N(c5ccc(C)cc5)c5ccc(CCCCc6ccc(C)cc6)cc5)cc4)cc3)cc2)cc1. The average Bonchev–Trinajstić information content (AvgIpc) is 3.26. The summed E-state index contributed by atoms with van der Waals surface area (Å²) in [6.45, 7) is 6.46. The summed E-state index contributed by atoms with van der Waals surface area (Å²) < 4.78 is 0. The minimum absolute atomic E-state index is 1.10. The van der Waals surface area contributed by atoms with Crippen molar-refractivity contribution in [1.29, 1.82) is 0 Å². The monoisotopic (exact) mass is 759 g/mol. The van der Waals surface area contributed by atoms with Gasteiger partial charge in [-0.3, -0.25) is 0 Å². The summed E-state index contributed by atoms with van der Waals surface area (Å²) in [5.74, 6) is 0. The van der Waals surface area contributed by atoms with Gasteiger partial charge in [-0.1, -0.05) is 150 Å². The van der Waals surface area contributed by atoms with Gasteiger partial charge in [0, 0.05) is 17.1 Å². The molecule has 0 unspecified atom stereocenters. The standard InChI is InChI=1S/C57H61N/c1-44-16-22-47(23-17-44)10-4-6-12-49-26-34-53(35-27-49)54-36-28-50(29-37-54)13-7-9-15-52-32-42-57(43-33-52)58(55-38-20-46(3)21-39-55)56-40-30-51(31-41-56)14-8-5-11-48-24-18-45(2)19-25-48/h16-43H,4-15H2,1-3H3. The molecule has 0 N–H and O–H groups in total. The molecule has 0 heterocycles. The van der Waals surface area contributed by atoms with Gasteiger partial charge in [0.05, 0.1) is 0 Å². The fourth-order valence-corrected chi connectivity index (χ4v) is 7.98. The van der Waals surface area contributed by atoms with E-state index in [1.54, 1.807) is 0 Å². The van der Waals surface area contributed by atoms with Crippen molar-refractivity contribution < 1.29 is 0 Å². The molecule has 0 radical (unpaired) electrons. The molecule has 0 saturated carbocycles. The number of hydrogen-bond acceptors (Lipinski definition) is 1. The van der Waals surface area contributed by atoms with Crippen molar-refractivity contribution in [1.82, 2.24) is 0 Å². The highest BCUT2D eigenvalue weighted by atomic mass is 15.1. The molecule has 0 amide bonds. The van der Waals surface area contributed by atoms with Gasteiger partial charge in [-0.25, -0.2) is 0 Å². The van der Waals surface area contributed by atoms with Crippen LogP contribution in [0.3, 0.4) is 0 Å². The van der Waals surface area contributed by atoms with Gasteiger partial charge < -0.3 is 4.90 Å². The van der Waals surface area contributed by atoms with Crippen LogP contribution in [0, 0.1) is 20.8 Å². The van der Waals surface area contributed by atoms with Crippen molar-refractivity contribution in [2.24, 2.45) is 0 Å². The fraction of sp³-hybridized carbons (Fsp3) is 0.263. The lowest BCUT2D eigenvalue weighted by Gasteiger charge is -2.26. The maximum Gasteiger partial charge on any atom is 0.0461 e. The van der Waals surface area contributed by atoms with E-state index in [1.165, 1.54) is 123 Å². The van der Waals surface area contributed by atoms with Crippen molar-refractivity contribution >= 4 is 17.1 Å². The summed E-state index contributed by atoms with van der Waals surface area (Å²) in [5.41, 5.74) is 18.7. The molecule has 7 aromatic carbocycles. The molecule has 0 spiro atoms. The molecule has 7 aromatic rings. The van der Waals surface area contributed by atoms with Gasteiger partial charge in [0.15, 0.2) is 0 Å². The number of rotatable bonds is 19. The lowest BCUT2D eigenvalue weighted by atomic mass is 9.98. The van der Waals surface area contributed by atoms with E-state index in [4.69, 9.17) is 0 Å². The molecule has 0 atom stereocenters. The Kier molecular flexibility index (Phi) is 14.4. The lowest BCUT2D eigenvalue weighted by molar-refractivity contribution is 0.734. The van der Waals surface area contributed by atoms with Gasteiger partial charge in [0.2, 0.25) is 0 Å². The second-order valence-electron chi connectivity index (χ2n) is 16.5. The molecule has 1 nitrogen and oxygen atoms in total. The summed E-state index contributed by atoms with van der Waals surface area (Å²) in [5, 5.41) is 0. The molecule has 58 heavy (non-hydrogen) atoms. The van der Waals surface area contributed by atoms with Crippen LogP contribution in [0.2, 0.25) is 0 Å². The molecule has 0 aliphatic rings. The largest absolute Gasteiger partial charge is 0.311 e. The normalized spacial score (nSPS) is 11.2. The van der Waals surface area contributed by atoms with E-state index >= 15 is 0 Å². The molecular weight excluding hydrogens is 699 g/mol. The van der Waals surface area contributed by atoms with Crippen molar-refractivity contribution in [3.63, 3.8) is 0 Å². The summed E-state index contributed by atoms with van der Waals surface area (Å²) in [7, 11) is 0. The first-order valence-electron chi connectivity index (χ1n) is 21.8. The molecule has 7 rings (SSSR count). The maximum atomic E-state index is 2.39. The predicted molar refractivity (Wildman–Crippen MR) is 250 cm³/mol. The summed E-state index contributed by atoms with van der Waals surface area (Å²) >= 11 is 0. The molecule has 0 saturated heterocycles. The maximum absolute atomic E-state index is 2.39. The Hall–Kier alpha value is -5.66. The van der Waals surface area contributed by atoms with Crippen LogP contribution >= 0.6 is 0 Å². The minimum Gasteiger partial charge on any atom is -0.311 e. The number of unbranched alkanes of at least 4 members (excludes halogenated alkanes) is 3. The Morgan fingerprint density at radius 1 is 0.241 bits per heavy atom. The second kappa shape index (κ2) is 20.7. The van der Waals surface area contributed by atoms with Gasteiger partial charge in [-0.2, -0.15) is 0 Å². The number of anilines is 3. The smallest absolute Gasteiger partial charge is 0.0461 e. The number of nitrogens with zero attached hydrogens (tertiary/aromatic N) is 1. The molecule has 294 valence electrons. The second-order valence-corrected chi connectivity index (χ2v) is 16.5. The van der Waals surface area contributed by atoms with Crippen LogP contribution in [-0.4, -0.2) is 0 Å². The van der Waals surface area contributed by atoms with Crippen LogP contribution < -0.4 is 4.90 Å². The van der Waals surface area contributed by atoms with Crippen molar-refractivity contribution in [3.05, 3.63) is 220 Å². The molecular formula is C57H61N. The molecule has 0 bridgehead atoms. The van der Waals surface area contributed by atoms with Gasteiger partial charge in [-0.05, 0) is 179 Å². The van der Waals surface area contributed by atoms with Crippen molar-refractivity contribution in [2.75, 3.05) is 4.90 Å². The van der Waals surface area contributed by atoms with E-state index in [2.05, 4.69) is 196 Å². The predicted octanol–water partition coefficient (Wildman–Crippen LogP) is 15.4. The highest BCUT2D eigenvalue weighted by Gasteiger charge is 2.13. The molecule has 0 aliphatic carbocycles. The zero-order valence-corrected chi connectivity index (χ0v) is 35.1. The van der Waals surface area contributed by atoms with E-state index in [0.717, 1.165) is 32.1 Å². The van der Waals surface area contributed by atoms with Crippen molar-refractivity contribution in [2.45, 2.75) is 97.8 Å². The van der Waals surface area contributed by atoms with E-state index < -0.39 is 0 Å². The summed E-state index contributed by atoms with van der Waals surface area (Å²) in [4.78, 5) is 2.39. The lowest BCUT2D eigenvalue weighted by Crippen LogP contribution is -2.10.